The number of hydrogen-bond acceptors (Lipinski definition) is 3. The lowest BCUT2D eigenvalue weighted by molar-refractivity contribution is -0.133. The van der Waals surface area contributed by atoms with Gasteiger partial charge in [-0.1, -0.05) is 0 Å². The van der Waals surface area contributed by atoms with E-state index in [1.54, 1.807) is 11.3 Å². The summed E-state index contributed by atoms with van der Waals surface area (Å²) in [4.78, 5) is 10.2. The highest BCUT2D eigenvalue weighted by Crippen LogP contribution is 2.23. The second kappa shape index (κ2) is 4.89. The third-order valence-corrected chi connectivity index (χ3v) is 3.66. The zero-order valence-corrected chi connectivity index (χ0v) is 9.34. The molecule has 0 fully saturated rings. The fraction of sp³-hybridized carbons (Fsp3) is 0.286. The van der Waals surface area contributed by atoms with E-state index in [2.05, 4.69) is 15.9 Å². The van der Waals surface area contributed by atoms with E-state index in [-0.39, 0.29) is 5.75 Å². The molecule has 0 unspecified atom stereocenters. The molecule has 1 aromatic heterocycles. The smallest absolute Gasteiger partial charge is 0.313 e. The van der Waals surface area contributed by atoms with E-state index in [1.165, 1.54) is 17.3 Å². The molecule has 12 heavy (non-hydrogen) atoms. The molecule has 1 N–H and O–H groups in total. The van der Waals surface area contributed by atoms with Crippen molar-refractivity contribution in [2.45, 2.75) is 5.75 Å². The van der Waals surface area contributed by atoms with Crippen LogP contribution >= 0.6 is 39.0 Å². The molecule has 0 aromatic carbocycles. The van der Waals surface area contributed by atoms with Crippen molar-refractivity contribution in [2.75, 3.05) is 5.75 Å². The fourth-order valence-electron chi connectivity index (χ4n) is 0.678. The first-order chi connectivity index (χ1) is 5.68. The third-order valence-electron chi connectivity index (χ3n) is 1.12. The Morgan fingerprint density at radius 1 is 1.75 bits per heavy atom. The molecular weight excluding hydrogens is 260 g/mol. The van der Waals surface area contributed by atoms with Gasteiger partial charge in [0.15, 0.2) is 0 Å². The van der Waals surface area contributed by atoms with Gasteiger partial charge in [0.1, 0.15) is 0 Å². The number of rotatable bonds is 4. The normalized spacial score (nSPS) is 10.1. The summed E-state index contributed by atoms with van der Waals surface area (Å²) in [6.07, 6.45) is 0. The van der Waals surface area contributed by atoms with Crippen LogP contribution in [-0.4, -0.2) is 16.8 Å². The molecule has 5 heteroatoms. The number of carbonyl (C=O) groups is 1. The summed E-state index contributed by atoms with van der Waals surface area (Å²) in [5, 5.41) is 10.4. The summed E-state index contributed by atoms with van der Waals surface area (Å²) >= 11 is 6.38. The predicted octanol–water partition coefficient (Wildman–Crippen LogP) is 2.83. The van der Waals surface area contributed by atoms with Gasteiger partial charge in [0, 0.05) is 5.75 Å². The van der Waals surface area contributed by atoms with Crippen LogP contribution in [0.1, 0.15) is 5.56 Å². The number of thiophene rings is 1. The lowest BCUT2D eigenvalue weighted by atomic mass is 10.4. The topological polar surface area (TPSA) is 37.3 Å². The Hall–Kier alpha value is -0.000000000000000111. The summed E-state index contributed by atoms with van der Waals surface area (Å²) in [5.41, 5.74) is 1.18. The minimum Gasteiger partial charge on any atom is -0.481 e. The summed E-state index contributed by atoms with van der Waals surface area (Å²) in [7, 11) is 0. The van der Waals surface area contributed by atoms with Gasteiger partial charge in [0.2, 0.25) is 0 Å². The van der Waals surface area contributed by atoms with Gasteiger partial charge in [-0.2, -0.15) is 0 Å². The van der Waals surface area contributed by atoms with Crippen LogP contribution in [-0.2, 0) is 10.5 Å². The highest BCUT2D eigenvalue weighted by molar-refractivity contribution is 9.11. The Kier molecular flexibility index (Phi) is 4.11. The average molecular weight is 267 g/mol. The Bertz CT molecular complexity index is 272. The Morgan fingerprint density at radius 3 is 3.00 bits per heavy atom. The monoisotopic (exact) mass is 266 g/mol. The van der Waals surface area contributed by atoms with E-state index in [1.807, 2.05) is 11.4 Å². The SMILES string of the molecule is O=C(O)CSCc1csc(Br)c1. The maximum Gasteiger partial charge on any atom is 0.313 e. The molecule has 0 aliphatic rings. The Labute approximate surface area is 87.1 Å². The molecule has 0 bridgehead atoms. The van der Waals surface area contributed by atoms with Crippen LogP contribution in [0.5, 0.6) is 0 Å². The first-order valence-corrected chi connectivity index (χ1v) is 6.03. The zero-order valence-electron chi connectivity index (χ0n) is 6.12. The molecular formula is C7H7BrO2S2. The van der Waals surface area contributed by atoms with Crippen LogP contribution in [0.25, 0.3) is 0 Å². The van der Waals surface area contributed by atoms with Crippen LogP contribution in [0.2, 0.25) is 0 Å². The van der Waals surface area contributed by atoms with Crippen LogP contribution in [0, 0.1) is 0 Å². The van der Waals surface area contributed by atoms with Crippen molar-refractivity contribution in [3.05, 3.63) is 20.8 Å². The second-order valence-corrected chi connectivity index (χ2v) is 5.42. The van der Waals surface area contributed by atoms with E-state index in [0.29, 0.717) is 0 Å². The lowest BCUT2D eigenvalue weighted by Gasteiger charge is -1.93. The molecule has 1 heterocycles. The maximum absolute atomic E-state index is 10.2. The van der Waals surface area contributed by atoms with Crippen LogP contribution < -0.4 is 0 Å². The minimum atomic E-state index is -0.755. The average Bonchev–Trinajstić information content (AvgIpc) is 2.35. The molecule has 66 valence electrons. The Morgan fingerprint density at radius 2 is 2.50 bits per heavy atom. The van der Waals surface area contributed by atoms with Crippen molar-refractivity contribution >= 4 is 45.0 Å². The van der Waals surface area contributed by atoms with Gasteiger partial charge in [-0.05, 0) is 32.9 Å². The maximum atomic E-state index is 10.2. The van der Waals surface area contributed by atoms with E-state index < -0.39 is 5.97 Å². The molecule has 0 spiro atoms. The number of aliphatic carboxylic acids is 1. The van der Waals surface area contributed by atoms with E-state index in [0.717, 1.165) is 9.54 Å². The molecule has 2 nitrogen and oxygen atoms in total. The van der Waals surface area contributed by atoms with Crippen molar-refractivity contribution < 1.29 is 9.90 Å². The highest BCUT2D eigenvalue weighted by Gasteiger charge is 2.00. The van der Waals surface area contributed by atoms with Gasteiger partial charge in [-0.15, -0.1) is 23.1 Å². The summed E-state index contributed by atoms with van der Waals surface area (Å²) < 4.78 is 1.09. The highest BCUT2D eigenvalue weighted by atomic mass is 79.9. The minimum absolute atomic E-state index is 0.174. The molecule has 0 saturated carbocycles. The van der Waals surface area contributed by atoms with Crippen molar-refractivity contribution in [1.29, 1.82) is 0 Å². The fourth-order valence-corrected chi connectivity index (χ4v) is 2.67. The van der Waals surface area contributed by atoms with Crippen LogP contribution in [0.3, 0.4) is 0 Å². The van der Waals surface area contributed by atoms with Crippen LogP contribution in [0.4, 0.5) is 0 Å². The van der Waals surface area contributed by atoms with Crippen molar-refractivity contribution in [1.82, 2.24) is 0 Å². The molecule has 0 amide bonds. The summed E-state index contributed by atoms with van der Waals surface area (Å²) in [5.74, 6) is 0.191. The first-order valence-electron chi connectivity index (χ1n) is 3.21. The first kappa shape index (κ1) is 10.1. The quantitative estimate of drug-likeness (QED) is 0.911. The second-order valence-electron chi connectivity index (χ2n) is 2.15. The van der Waals surface area contributed by atoms with E-state index in [9.17, 15) is 4.79 Å². The third kappa shape index (κ3) is 3.60. The predicted molar refractivity (Wildman–Crippen MR) is 55.8 cm³/mol. The number of thioether (sulfide) groups is 1. The van der Waals surface area contributed by atoms with Gasteiger partial charge >= 0.3 is 5.97 Å². The van der Waals surface area contributed by atoms with Gasteiger partial charge in [-0.25, -0.2) is 0 Å². The van der Waals surface area contributed by atoms with Gasteiger partial charge < -0.3 is 5.11 Å². The molecule has 0 saturated heterocycles. The lowest BCUT2D eigenvalue weighted by Crippen LogP contribution is -1.97. The molecule has 1 aromatic rings. The number of carboxylic acids is 1. The molecule has 0 radical (unpaired) electrons. The standard InChI is InChI=1S/C7H7BrO2S2/c8-6-1-5(3-12-6)2-11-4-7(9)10/h1,3H,2,4H2,(H,9,10). The van der Waals surface area contributed by atoms with Crippen molar-refractivity contribution in [3.63, 3.8) is 0 Å². The van der Waals surface area contributed by atoms with Crippen molar-refractivity contribution in [3.8, 4) is 0 Å². The molecule has 0 atom stereocenters. The Balaban J connectivity index is 2.29. The van der Waals surface area contributed by atoms with E-state index >= 15 is 0 Å². The van der Waals surface area contributed by atoms with Crippen molar-refractivity contribution in [2.24, 2.45) is 0 Å². The zero-order chi connectivity index (χ0) is 8.97. The number of hydrogen-bond donors (Lipinski definition) is 1. The van der Waals surface area contributed by atoms with Gasteiger partial charge in [0.05, 0.1) is 9.54 Å². The van der Waals surface area contributed by atoms with Gasteiger partial charge in [0.25, 0.3) is 0 Å². The molecule has 1 rings (SSSR count). The summed E-state index contributed by atoms with van der Waals surface area (Å²) in [6.45, 7) is 0. The largest absolute Gasteiger partial charge is 0.481 e. The molecule has 0 aliphatic carbocycles. The van der Waals surface area contributed by atoms with Crippen LogP contribution in [0.15, 0.2) is 15.2 Å². The van der Waals surface area contributed by atoms with E-state index in [4.69, 9.17) is 5.11 Å². The number of carboxylic acid groups (broad SMARTS) is 1. The number of halogens is 1. The molecule has 0 aliphatic heterocycles. The summed E-state index contributed by atoms with van der Waals surface area (Å²) in [6, 6.07) is 2.01. The van der Waals surface area contributed by atoms with Gasteiger partial charge in [-0.3, -0.25) is 4.79 Å².